The van der Waals surface area contributed by atoms with Crippen LogP contribution in [0.4, 0.5) is 19.0 Å². The first-order valence-electron chi connectivity index (χ1n) is 12.9. The highest BCUT2D eigenvalue weighted by Crippen LogP contribution is 2.57. The Morgan fingerprint density at radius 3 is 2.46 bits per heavy atom. The zero-order valence-electron chi connectivity index (χ0n) is 22.1. The van der Waals surface area contributed by atoms with E-state index in [1.807, 2.05) is 6.92 Å². The molecule has 0 bridgehead atoms. The number of nitrogens with zero attached hydrogens (tertiary/aromatic N) is 3. The topological polar surface area (TPSA) is 115 Å². The van der Waals surface area contributed by atoms with Crippen LogP contribution in [0.25, 0.3) is 11.3 Å². The third kappa shape index (κ3) is 6.29. The number of halogens is 4. The number of carbonyl (C=O) groups excluding carboxylic acids is 1. The molecule has 2 aliphatic rings. The van der Waals surface area contributed by atoms with E-state index in [4.69, 9.17) is 16.3 Å². The molecule has 4 rings (SSSR count). The molecule has 2 N–H and O–H groups in total. The van der Waals surface area contributed by atoms with E-state index >= 15 is 0 Å². The Labute approximate surface area is 230 Å². The van der Waals surface area contributed by atoms with E-state index in [0.29, 0.717) is 55.8 Å². The number of nitrogens with one attached hydrogen (secondary N) is 2. The van der Waals surface area contributed by atoms with Gasteiger partial charge in [0.2, 0.25) is 0 Å². The van der Waals surface area contributed by atoms with Crippen LogP contribution in [0.1, 0.15) is 55.9 Å². The molecular formula is C25H33ClF3N5O4S. The second-order valence-electron chi connectivity index (χ2n) is 10.4. The number of aryl methyl sites for hydroxylation is 1. The number of sulfone groups is 1. The number of anilines is 1. The van der Waals surface area contributed by atoms with E-state index in [-0.39, 0.29) is 47.1 Å². The zero-order valence-corrected chi connectivity index (χ0v) is 23.6. The largest absolute Gasteiger partial charge is 0.496 e. The van der Waals surface area contributed by atoms with Gasteiger partial charge in [0.25, 0.3) is 5.91 Å². The molecule has 2 heterocycles. The van der Waals surface area contributed by atoms with Crippen LogP contribution in [-0.2, 0) is 16.4 Å². The highest BCUT2D eigenvalue weighted by molar-refractivity contribution is 7.91. The second-order valence-corrected chi connectivity index (χ2v) is 13.1. The molecule has 39 heavy (non-hydrogen) atoms. The number of methoxy groups -OCH3 is 1. The van der Waals surface area contributed by atoms with Crippen molar-refractivity contribution in [2.24, 2.45) is 11.3 Å². The van der Waals surface area contributed by atoms with Crippen LogP contribution in [0.15, 0.2) is 12.3 Å². The number of amides is 1. The molecule has 0 spiro atoms. The number of rotatable bonds is 10. The first-order valence-corrected chi connectivity index (χ1v) is 15.2. The predicted octanol–water partition coefficient (Wildman–Crippen LogP) is 4.71. The van der Waals surface area contributed by atoms with Crippen LogP contribution in [0.2, 0.25) is 5.02 Å². The lowest BCUT2D eigenvalue weighted by molar-refractivity contribution is -0.182. The number of hydrogen-bond donors (Lipinski definition) is 2. The smallest absolute Gasteiger partial charge is 0.396 e. The maximum absolute atomic E-state index is 13.3. The van der Waals surface area contributed by atoms with Crippen LogP contribution in [-0.4, -0.2) is 67.0 Å². The minimum absolute atomic E-state index is 0.0310. The number of pyridine rings is 1. The average molecular weight is 592 g/mol. The number of alkyl halides is 3. The third-order valence-electron chi connectivity index (χ3n) is 7.76. The van der Waals surface area contributed by atoms with Crippen LogP contribution in [0.3, 0.4) is 0 Å². The number of hydrogen-bond acceptors (Lipinski definition) is 7. The average Bonchev–Trinajstić information content (AvgIpc) is 3.63. The molecule has 2 aromatic rings. The van der Waals surface area contributed by atoms with Crippen LogP contribution < -0.4 is 15.4 Å². The van der Waals surface area contributed by atoms with E-state index in [1.54, 1.807) is 4.68 Å². The van der Waals surface area contributed by atoms with Crippen molar-refractivity contribution in [3.63, 3.8) is 0 Å². The highest BCUT2D eigenvalue weighted by Gasteiger charge is 2.62. The number of aromatic nitrogens is 3. The molecule has 2 aliphatic carbocycles. The summed E-state index contributed by atoms with van der Waals surface area (Å²) in [5.41, 5.74) is -0.844. The van der Waals surface area contributed by atoms with Gasteiger partial charge in [-0.3, -0.25) is 9.48 Å². The molecule has 1 amide bonds. The Bertz CT molecular complexity index is 1320. The van der Waals surface area contributed by atoms with E-state index in [0.717, 1.165) is 0 Å². The molecule has 0 saturated heterocycles. The summed E-state index contributed by atoms with van der Waals surface area (Å²) in [5.74, 6) is 0.254. The van der Waals surface area contributed by atoms with Gasteiger partial charge in [0, 0.05) is 38.2 Å². The Kier molecular flexibility index (Phi) is 8.42. The molecular weight excluding hydrogens is 559 g/mol. The number of ether oxygens (including phenoxy) is 1. The molecule has 0 atom stereocenters. The zero-order chi connectivity index (χ0) is 28.6. The second kappa shape index (κ2) is 11.1. The summed E-state index contributed by atoms with van der Waals surface area (Å²) in [5, 5.41) is 9.80. The van der Waals surface area contributed by atoms with Gasteiger partial charge in [-0.05, 0) is 51.4 Å². The lowest BCUT2D eigenvalue weighted by atomic mass is 9.89. The van der Waals surface area contributed by atoms with Gasteiger partial charge in [0.1, 0.15) is 21.4 Å². The van der Waals surface area contributed by atoms with Crippen LogP contribution in [0, 0.1) is 11.3 Å². The Balaban J connectivity index is 1.47. The van der Waals surface area contributed by atoms with Gasteiger partial charge in [-0.15, -0.1) is 0 Å². The molecule has 9 nitrogen and oxygen atoms in total. The maximum Gasteiger partial charge on any atom is 0.396 e. The summed E-state index contributed by atoms with van der Waals surface area (Å²) >= 11 is 6.64. The highest BCUT2D eigenvalue weighted by atomic mass is 35.5. The normalized spacial score (nSPS) is 20.9. The Morgan fingerprint density at radius 1 is 1.26 bits per heavy atom. The summed E-state index contributed by atoms with van der Waals surface area (Å²) in [4.78, 5) is 17.3. The fraction of sp³-hybridized carbons (Fsp3) is 0.640. The lowest BCUT2D eigenvalue weighted by Gasteiger charge is -2.27. The summed E-state index contributed by atoms with van der Waals surface area (Å²) in [6.45, 7) is 2.32. The minimum atomic E-state index is -4.28. The molecule has 14 heteroatoms. The molecule has 2 aromatic heterocycles. The first-order chi connectivity index (χ1) is 18.3. The SMILES string of the molecule is CCn1nc(C(=O)NCC2CCC(S(C)(=O)=O)CC2)c(Cl)c1-c1cnc(NCC2(C(F)(F)F)CC2)cc1OC. The summed E-state index contributed by atoms with van der Waals surface area (Å²) in [7, 11) is -1.64. The first kappa shape index (κ1) is 29.4. The Morgan fingerprint density at radius 2 is 1.92 bits per heavy atom. The van der Waals surface area contributed by atoms with E-state index < -0.39 is 27.3 Å². The van der Waals surface area contributed by atoms with Crippen LogP contribution in [0.5, 0.6) is 5.75 Å². The van der Waals surface area contributed by atoms with E-state index in [9.17, 15) is 26.4 Å². The van der Waals surface area contributed by atoms with Gasteiger partial charge < -0.3 is 15.4 Å². The van der Waals surface area contributed by atoms with Gasteiger partial charge in [-0.25, -0.2) is 13.4 Å². The quantitative estimate of drug-likeness (QED) is 0.411. The fourth-order valence-corrected chi connectivity index (χ4v) is 6.46. The van der Waals surface area contributed by atoms with Crippen molar-refractivity contribution in [1.29, 1.82) is 0 Å². The summed E-state index contributed by atoms with van der Waals surface area (Å²) < 4.78 is 70.4. The van der Waals surface area contributed by atoms with Crippen molar-refractivity contribution in [2.45, 2.75) is 63.4 Å². The molecule has 0 radical (unpaired) electrons. The minimum Gasteiger partial charge on any atom is -0.496 e. The molecule has 0 unspecified atom stereocenters. The van der Waals surface area contributed by atoms with Crippen molar-refractivity contribution < 1.29 is 31.1 Å². The standard InChI is InChI=1S/C25H33ClF3N5O4S/c1-4-34-22(17-13-30-19(11-18(17)38-2)32-14-24(9-10-24)25(27,28)29)20(26)21(33-34)23(35)31-12-15-5-7-16(8-6-15)39(3,36)37/h11,13,15-16H,4-10,12,14H2,1-3H3,(H,30,32)(H,31,35). The maximum atomic E-state index is 13.3. The Hall–Kier alpha value is -2.54. The third-order valence-corrected chi connectivity index (χ3v) is 9.80. The monoisotopic (exact) mass is 591 g/mol. The van der Waals surface area contributed by atoms with E-state index in [1.165, 1.54) is 25.6 Å². The van der Waals surface area contributed by atoms with Gasteiger partial charge in [-0.1, -0.05) is 11.6 Å². The van der Waals surface area contributed by atoms with Crippen molar-refractivity contribution in [2.75, 3.05) is 31.8 Å². The summed E-state index contributed by atoms with van der Waals surface area (Å²) in [6.07, 6.45) is 1.13. The molecule has 0 aliphatic heterocycles. The van der Waals surface area contributed by atoms with Crippen molar-refractivity contribution in [3.8, 4) is 17.0 Å². The van der Waals surface area contributed by atoms with Crippen LogP contribution >= 0.6 is 11.6 Å². The van der Waals surface area contributed by atoms with Gasteiger partial charge in [0.15, 0.2) is 5.69 Å². The summed E-state index contributed by atoms with van der Waals surface area (Å²) in [6, 6.07) is 1.50. The van der Waals surface area contributed by atoms with Gasteiger partial charge >= 0.3 is 6.18 Å². The molecule has 0 aromatic carbocycles. The fourth-order valence-electron chi connectivity index (χ4n) is 5.01. The molecule has 2 saturated carbocycles. The van der Waals surface area contributed by atoms with Gasteiger partial charge in [-0.2, -0.15) is 18.3 Å². The number of carbonyl (C=O) groups is 1. The van der Waals surface area contributed by atoms with Crippen molar-refractivity contribution >= 4 is 33.2 Å². The predicted molar refractivity (Wildman–Crippen MR) is 142 cm³/mol. The lowest BCUT2D eigenvalue weighted by Crippen LogP contribution is -2.34. The van der Waals surface area contributed by atoms with Gasteiger partial charge in [0.05, 0.1) is 34.1 Å². The molecule has 216 valence electrons. The van der Waals surface area contributed by atoms with E-state index in [2.05, 4.69) is 20.7 Å². The van der Waals surface area contributed by atoms with Crippen molar-refractivity contribution in [1.82, 2.24) is 20.1 Å². The van der Waals surface area contributed by atoms with Crippen molar-refractivity contribution in [3.05, 3.63) is 23.0 Å². The molecule has 2 fully saturated rings.